The second-order valence-corrected chi connectivity index (χ2v) is 7.22. The lowest BCUT2D eigenvalue weighted by molar-refractivity contribution is -0.138. The summed E-state index contributed by atoms with van der Waals surface area (Å²) in [6.45, 7) is 2.73. The van der Waals surface area contributed by atoms with Crippen LogP contribution in [-0.4, -0.2) is 64.8 Å². The number of likely N-dealkylation sites (tertiary alicyclic amines) is 1. The van der Waals surface area contributed by atoms with Crippen molar-refractivity contribution in [2.75, 3.05) is 25.1 Å². The Balaban J connectivity index is 1.97. The van der Waals surface area contributed by atoms with E-state index in [0.29, 0.717) is 25.9 Å². The molecule has 2 rings (SSSR count). The summed E-state index contributed by atoms with van der Waals surface area (Å²) in [4.78, 5) is 42.7. The number of nitrogens with one attached hydrogen (secondary N) is 2. The minimum absolute atomic E-state index is 0.0420. The van der Waals surface area contributed by atoms with Gasteiger partial charge in [0.2, 0.25) is 17.7 Å². The quantitative estimate of drug-likeness (QED) is 0.691. The molecule has 0 aromatic carbocycles. The van der Waals surface area contributed by atoms with Gasteiger partial charge in [-0.2, -0.15) is 11.8 Å². The molecule has 0 radical (unpaired) electrons. The maximum Gasteiger partial charge on any atom is 0.242 e. The highest BCUT2D eigenvalue weighted by atomic mass is 32.2. The van der Waals surface area contributed by atoms with Crippen molar-refractivity contribution in [1.82, 2.24) is 20.5 Å². The van der Waals surface area contributed by atoms with Crippen molar-refractivity contribution in [3.05, 3.63) is 30.1 Å². The number of aromatic nitrogens is 1. The van der Waals surface area contributed by atoms with E-state index in [-0.39, 0.29) is 30.2 Å². The fourth-order valence-corrected chi connectivity index (χ4v) is 3.44. The Hall–Kier alpha value is -2.09. The number of amides is 3. The van der Waals surface area contributed by atoms with Crippen molar-refractivity contribution in [3.63, 3.8) is 0 Å². The van der Waals surface area contributed by atoms with Crippen LogP contribution in [0.4, 0.5) is 0 Å². The summed E-state index contributed by atoms with van der Waals surface area (Å²) in [5, 5.41) is 5.73. The highest BCUT2D eigenvalue weighted by Crippen LogP contribution is 2.20. The summed E-state index contributed by atoms with van der Waals surface area (Å²) in [6.07, 6.45) is 6.33. The predicted molar refractivity (Wildman–Crippen MR) is 102 cm³/mol. The molecule has 2 heterocycles. The number of pyridine rings is 1. The van der Waals surface area contributed by atoms with E-state index in [0.717, 1.165) is 11.3 Å². The summed E-state index contributed by atoms with van der Waals surface area (Å²) in [7, 11) is 0. The fraction of sp³-hybridized carbons (Fsp3) is 0.556. The molecule has 2 N–H and O–H groups in total. The second-order valence-electron chi connectivity index (χ2n) is 6.24. The van der Waals surface area contributed by atoms with Crippen LogP contribution in [-0.2, 0) is 20.8 Å². The van der Waals surface area contributed by atoms with Gasteiger partial charge in [0.1, 0.15) is 6.04 Å². The maximum atomic E-state index is 12.5. The first kappa shape index (κ1) is 20.2. The van der Waals surface area contributed by atoms with Gasteiger partial charge in [0, 0.05) is 43.7 Å². The molecule has 0 saturated carbocycles. The van der Waals surface area contributed by atoms with E-state index in [4.69, 9.17) is 0 Å². The van der Waals surface area contributed by atoms with Crippen molar-refractivity contribution in [2.24, 2.45) is 0 Å². The average Bonchev–Trinajstić information content (AvgIpc) is 3.04. The van der Waals surface area contributed by atoms with Crippen molar-refractivity contribution >= 4 is 29.5 Å². The molecule has 0 bridgehead atoms. The van der Waals surface area contributed by atoms with Crippen LogP contribution in [0, 0.1) is 0 Å². The van der Waals surface area contributed by atoms with Crippen LogP contribution in [0.3, 0.4) is 0 Å². The third-order valence-corrected chi connectivity index (χ3v) is 4.86. The number of likely N-dealkylation sites (N-methyl/N-ethyl adjacent to an activating group) is 1. The second kappa shape index (κ2) is 10.2. The molecule has 8 heteroatoms. The predicted octanol–water partition coefficient (Wildman–Crippen LogP) is 0.599. The van der Waals surface area contributed by atoms with E-state index in [2.05, 4.69) is 15.6 Å². The SMILES string of the molecule is CCNC(=O)[C@@H]1C[C@H](NC(=O)Cc2cccnc2)CN1C(=O)CCSC. The van der Waals surface area contributed by atoms with Gasteiger partial charge in [-0.15, -0.1) is 0 Å². The van der Waals surface area contributed by atoms with E-state index in [1.54, 1.807) is 35.1 Å². The number of hydrogen-bond acceptors (Lipinski definition) is 5. The number of hydrogen-bond donors (Lipinski definition) is 2. The molecule has 0 aliphatic carbocycles. The average molecular weight is 378 g/mol. The Labute approximate surface area is 158 Å². The first-order valence-corrected chi connectivity index (χ1v) is 10.2. The van der Waals surface area contributed by atoms with Gasteiger partial charge in [-0.05, 0) is 31.2 Å². The molecule has 7 nitrogen and oxygen atoms in total. The molecule has 1 fully saturated rings. The summed E-state index contributed by atoms with van der Waals surface area (Å²) in [5.41, 5.74) is 0.830. The van der Waals surface area contributed by atoms with Crippen LogP contribution in [0.5, 0.6) is 0 Å². The molecule has 1 aromatic heterocycles. The lowest BCUT2D eigenvalue weighted by atomic mass is 10.1. The minimum Gasteiger partial charge on any atom is -0.355 e. The molecule has 0 unspecified atom stereocenters. The standard InChI is InChI=1S/C18H26N4O3S/c1-3-20-18(25)15-10-14(12-22(15)17(24)6-8-26-2)21-16(23)9-13-5-4-7-19-11-13/h4-5,7,11,14-15H,3,6,8-10,12H2,1-2H3,(H,20,25)(H,21,23)/t14-,15-/m0/s1. The Morgan fingerprint density at radius 1 is 1.38 bits per heavy atom. The van der Waals surface area contributed by atoms with Crippen LogP contribution in [0.25, 0.3) is 0 Å². The highest BCUT2D eigenvalue weighted by Gasteiger charge is 2.39. The summed E-state index contributed by atoms with van der Waals surface area (Å²) >= 11 is 1.60. The Bertz CT molecular complexity index is 626. The van der Waals surface area contributed by atoms with E-state index in [1.807, 2.05) is 19.2 Å². The van der Waals surface area contributed by atoms with Gasteiger partial charge >= 0.3 is 0 Å². The number of nitrogens with zero attached hydrogens (tertiary/aromatic N) is 2. The number of thioether (sulfide) groups is 1. The molecule has 3 amide bonds. The molecular formula is C18H26N4O3S. The molecule has 0 spiro atoms. The van der Waals surface area contributed by atoms with Crippen LogP contribution >= 0.6 is 11.8 Å². The number of rotatable bonds is 8. The molecule has 1 aromatic rings. The van der Waals surface area contributed by atoms with Crippen LogP contribution in [0.2, 0.25) is 0 Å². The van der Waals surface area contributed by atoms with E-state index in [1.165, 1.54) is 0 Å². The summed E-state index contributed by atoms with van der Waals surface area (Å²) in [5.74, 6) is 0.389. The molecule has 1 saturated heterocycles. The first-order chi connectivity index (χ1) is 12.5. The third kappa shape index (κ3) is 5.72. The van der Waals surface area contributed by atoms with Crippen LogP contribution in [0.15, 0.2) is 24.5 Å². The number of carbonyl (C=O) groups is 3. The zero-order valence-electron chi connectivity index (χ0n) is 15.2. The van der Waals surface area contributed by atoms with Crippen molar-refractivity contribution in [3.8, 4) is 0 Å². The van der Waals surface area contributed by atoms with Gasteiger partial charge in [-0.3, -0.25) is 19.4 Å². The highest BCUT2D eigenvalue weighted by molar-refractivity contribution is 7.98. The fourth-order valence-electron chi connectivity index (χ4n) is 3.06. The monoisotopic (exact) mass is 378 g/mol. The van der Waals surface area contributed by atoms with Gasteiger partial charge in [0.15, 0.2) is 0 Å². The zero-order valence-corrected chi connectivity index (χ0v) is 16.1. The molecule has 26 heavy (non-hydrogen) atoms. The zero-order chi connectivity index (χ0) is 18.9. The molecular weight excluding hydrogens is 352 g/mol. The Kier molecular flexibility index (Phi) is 7.90. The van der Waals surface area contributed by atoms with Crippen LogP contribution in [0.1, 0.15) is 25.3 Å². The largest absolute Gasteiger partial charge is 0.355 e. The van der Waals surface area contributed by atoms with Crippen molar-refractivity contribution < 1.29 is 14.4 Å². The van der Waals surface area contributed by atoms with Crippen LogP contribution < -0.4 is 10.6 Å². The van der Waals surface area contributed by atoms with Gasteiger partial charge in [0.25, 0.3) is 0 Å². The van der Waals surface area contributed by atoms with Gasteiger partial charge < -0.3 is 15.5 Å². The molecule has 2 atom stereocenters. The van der Waals surface area contributed by atoms with Gasteiger partial charge in [0.05, 0.1) is 6.42 Å². The van der Waals surface area contributed by atoms with E-state index >= 15 is 0 Å². The molecule has 142 valence electrons. The smallest absolute Gasteiger partial charge is 0.242 e. The van der Waals surface area contributed by atoms with Crippen molar-refractivity contribution in [2.45, 2.75) is 38.3 Å². The van der Waals surface area contributed by atoms with E-state index in [9.17, 15) is 14.4 Å². The Morgan fingerprint density at radius 3 is 2.85 bits per heavy atom. The van der Waals surface area contributed by atoms with Crippen molar-refractivity contribution in [1.29, 1.82) is 0 Å². The Morgan fingerprint density at radius 2 is 2.19 bits per heavy atom. The minimum atomic E-state index is -0.520. The van der Waals surface area contributed by atoms with Gasteiger partial charge in [-0.25, -0.2) is 0 Å². The third-order valence-electron chi connectivity index (χ3n) is 4.25. The summed E-state index contributed by atoms with van der Waals surface area (Å²) in [6, 6.07) is 2.89. The molecule has 1 aliphatic rings. The lowest BCUT2D eigenvalue weighted by Gasteiger charge is -2.23. The van der Waals surface area contributed by atoms with E-state index < -0.39 is 6.04 Å². The van der Waals surface area contributed by atoms with Gasteiger partial charge in [-0.1, -0.05) is 6.07 Å². The lowest BCUT2D eigenvalue weighted by Crippen LogP contribution is -2.46. The maximum absolute atomic E-state index is 12.5. The topological polar surface area (TPSA) is 91.4 Å². The summed E-state index contributed by atoms with van der Waals surface area (Å²) < 4.78 is 0. The number of carbonyl (C=O) groups excluding carboxylic acids is 3. The first-order valence-electron chi connectivity index (χ1n) is 8.79. The normalized spacial score (nSPS) is 19.2. The molecule has 1 aliphatic heterocycles.